The number of thiazole rings is 1. The molecule has 7 nitrogen and oxygen atoms in total. The second kappa shape index (κ2) is 9.84. The van der Waals surface area contributed by atoms with E-state index in [9.17, 15) is 8.42 Å². The lowest BCUT2D eigenvalue weighted by atomic mass is 10.2. The number of hydrogen-bond donors (Lipinski definition) is 1. The monoisotopic (exact) mass is 444 g/mol. The van der Waals surface area contributed by atoms with Crippen LogP contribution in [-0.2, 0) is 10.0 Å². The number of rotatable bonds is 9. The molecular weight excluding hydrogens is 420 g/mol. The Morgan fingerprint density at radius 3 is 2.67 bits per heavy atom. The number of hydrogen-bond acceptors (Lipinski definition) is 7. The summed E-state index contributed by atoms with van der Waals surface area (Å²) in [5.41, 5.74) is 5.18. The summed E-state index contributed by atoms with van der Waals surface area (Å²) in [5, 5.41) is 6.69. The zero-order chi connectivity index (χ0) is 21.6. The van der Waals surface area contributed by atoms with Gasteiger partial charge >= 0.3 is 0 Å². The largest absolute Gasteiger partial charge is 0.496 e. The minimum Gasteiger partial charge on any atom is -0.496 e. The molecule has 158 valence electrons. The van der Waals surface area contributed by atoms with Crippen LogP contribution < -0.4 is 10.2 Å². The molecule has 3 aromatic rings. The quantitative estimate of drug-likeness (QED) is 0.393. The summed E-state index contributed by atoms with van der Waals surface area (Å²) in [6.45, 7) is 4.51. The van der Waals surface area contributed by atoms with Gasteiger partial charge in [0.05, 0.1) is 23.9 Å². The molecule has 0 aliphatic rings. The first kappa shape index (κ1) is 21.9. The molecule has 30 heavy (non-hydrogen) atoms. The van der Waals surface area contributed by atoms with Crippen LogP contribution in [0.15, 0.2) is 63.9 Å². The molecular formula is C21H24N4O3S2. The van der Waals surface area contributed by atoms with E-state index in [4.69, 9.17) is 4.74 Å². The van der Waals surface area contributed by atoms with Crippen molar-refractivity contribution in [1.82, 2.24) is 9.29 Å². The van der Waals surface area contributed by atoms with Crippen molar-refractivity contribution >= 4 is 32.7 Å². The van der Waals surface area contributed by atoms with Gasteiger partial charge in [-0.3, -0.25) is 5.43 Å². The number of sulfonamides is 1. The lowest BCUT2D eigenvalue weighted by molar-refractivity contribution is 0.414. The second-order valence-electron chi connectivity index (χ2n) is 6.27. The Bertz CT molecular complexity index is 1120. The standard InChI is InChI=1S/C21H24N4O3S2/c1-4-25(5-2)30(26,27)18-11-8-10-16(13-18)19-15-29-21(23-19)24-22-14-17-9-6-7-12-20(17)28-3/h6-15H,4-5H2,1-3H3,(H,23,24). The van der Waals surface area contributed by atoms with Crippen molar-refractivity contribution < 1.29 is 13.2 Å². The zero-order valence-corrected chi connectivity index (χ0v) is 18.7. The topological polar surface area (TPSA) is 83.9 Å². The van der Waals surface area contributed by atoms with E-state index in [1.807, 2.05) is 49.6 Å². The van der Waals surface area contributed by atoms with Crippen LogP contribution in [0.2, 0.25) is 0 Å². The minimum atomic E-state index is -3.52. The summed E-state index contributed by atoms with van der Waals surface area (Å²) in [7, 11) is -1.91. The fraction of sp³-hybridized carbons (Fsp3) is 0.238. The number of ether oxygens (including phenoxy) is 1. The number of aromatic nitrogens is 1. The molecule has 0 aliphatic heterocycles. The van der Waals surface area contributed by atoms with Gasteiger partial charge in [0.15, 0.2) is 0 Å². The summed E-state index contributed by atoms with van der Waals surface area (Å²) in [4.78, 5) is 4.78. The average molecular weight is 445 g/mol. The van der Waals surface area contributed by atoms with E-state index in [-0.39, 0.29) is 4.90 Å². The van der Waals surface area contributed by atoms with E-state index >= 15 is 0 Å². The molecule has 9 heteroatoms. The highest BCUT2D eigenvalue weighted by Crippen LogP contribution is 2.27. The van der Waals surface area contributed by atoms with Gasteiger partial charge < -0.3 is 4.74 Å². The van der Waals surface area contributed by atoms with Crippen LogP contribution in [0.3, 0.4) is 0 Å². The highest BCUT2D eigenvalue weighted by Gasteiger charge is 2.22. The predicted octanol–water partition coefficient (Wildman–Crippen LogP) is 4.30. The SMILES string of the molecule is CCN(CC)S(=O)(=O)c1cccc(-c2csc(NN=Cc3ccccc3OC)n2)c1. The van der Waals surface area contributed by atoms with Gasteiger partial charge in [0, 0.05) is 29.6 Å². The van der Waals surface area contributed by atoms with Crippen molar-refractivity contribution in [2.75, 3.05) is 25.6 Å². The van der Waals surface area contributed by atoms with Gasteiger partial charge in [-0.25, -0.2) is 13.4 Å². The molecule has 0 radical (unpaired) electrons. The summed E-state index contributed by atoms with van der Waals surface area (Å²) in [5.74, 6) is 0.731. The highest BCUT2D eigenvalue weighted by molar-refractivity contribution is 7.89. The third-order valence-corrected chi connectivity index (χ3v) is 7.27. The zero-order valence-electron chi connectivity index (χ0n) is 17.1. The Labute approximate surface area is 181 Å². The molecule has 0 unspecified atom stereocenters. The van der Waals surface area contributed by atoms with Gasteiger partial charge in [-0.15, -0.1) is 11.3 Å². The van der Waals surface area contributed by atoms with E-state index in [1.165, 1.54) is 15.6 Å². The van der Waals surface area contributed by atoms with Crippen molar-refractivity contribution in [3.8, 4) is 17.0 Å². The van der Waals surface area contributed by atoms with Gasteiger partial charge in [-0.2, -0.15) is 9.41 Å². The summed E-state index contributed by atoms with van der Waals surface area (Å²) >= 11 is 1.39. The van der Waals surface area contributed by atoms with E-state index in [0.717, 1.165) is 16.9 Å². The maximum atomic E-state index is 12.8. The Morgan fingerprint density at radius 1 is 1.17 bits per heavy atom. The summed E-state index contributed by atoms with van der Waals surface area (Å²) in [6, 6.07) is 14.4. The normalized spacial score (nSPS) is 11.9. The molecule has 0 amide bonds. The second-order valence-corrected chi connectivity index (χ2v) is 9.06. The van der Waals surface area contributed by atoms with E-state index < -0.39 is 10.0 Å². The third kappa shape index (κ3) is 4.86. The molecule has 0 atom stereocenters. The Balaban J connectivity index is 1.77. The van der Waals surface area contributed by atoms with Crippen molar-refractivity contribution in [1.29, 1.82) is 0 Å². The molecule has 1 heterocycles. The van der Waals surface area contributed by atoms with Gasteiger partial charge in [0.2, 0.25) is 15.2 Å². The predicted molar refractivity (Wildman–Crippen MR) is 122 cm³/mol. The van der Waals surface area contributed by atoms with Crippen LogP contribution >= 0.6 is 11.3 Å². The molecule has 2 aromatic carbocycles. The van der Waals surface area contributed by atoms with Crippen LogP contribution in [0.5, 0.6) is 5.75 Å². The molecule has 0 saturated heterocycles. The van der Waals surface area contributed by atoms with Crippen LogP contribution in [0.25, 0.3) is 11.3 Å². The van der Waals surface area contributed by atoms with Crippen LogP contribution in [0.4, 0.5) is 5.13 Å². The van der Waals surface area contributed by atoms with Gasteiger partial charge in [-0.05, 0) is 24.3 Å². The smallest absolute Gasteiger partial charge is 0.243 e. The summed E-state index contributed by atoms with van der Waals surface area (Å²) in [6.07, 6.45) is 1.66. The summed E-state index contributed by atoms with van der Waals surface area (Å²) < 4.78 is 32.3. The van der Waals surface area contributed by atoms with Gasteiger partial charge in [0.1, 0.15) is 5.75 Å². The first-order chi connectivity index (χ1) is 14.5. The lowest BCUT2D eigenvalue weighted by Gasteiger charge is -2.18. The number of para-hydroxylation sites is 1. The van der Waals surface area contributed by atoms with E-state index in [2.05, 4.69) is 15.5 Å². The first-order valence-electron chi connectivity index (χ1n) is 9.47. The fourth-order valence-corrected chi connectivity index (χ4v) is 5.09. The Morgan fingerprint density at radius 2 is 1.93 bits per heavy atom. The lowest BCUT2D eigenvalue weighted by Crippen LogP contribution is -2.30. The van der Waals surface area contributed by atoms with Gasteiger partial charge in [-0.1, -0.05) is 38.1 Å². The molecule has 1 aromatic heterocycles. The van der Waals surface area contributed by atoms with Crippen molar-refractivity contribution in [2.24, 2.45) is 5.10 Å². The number of nitrogens with one attached hydrogen (secondary N) is 1. The molecule has 0 bridgehead atoms. The van der Waals surface area contributed by atoms with Crippen LogP contribution in [0.1, 0.15) is 19.4 Å². The molecule has 3 rings (SSSR count). The maximum absolute atomic E-state index is 12.8. The third-order valence-electron chi connectivity index (χ3n) is 4.48. The molecule has 0 aliphatic carbocycles. The highest BCUT2D eigenvalue weighted by atomic mass is 32.2. The average Bonchev–Trinajstić information content (AvgIpc) is 3.24. The fourth-order valence-electron chi connectivity index (χ4n) is 2.92. The molecule has 0 spiro atoms. The van der Waals surface area contributed by atoms with E-state index in [1.54, 1.807) is 31.5 Å². The molecule has 1 N–H and O–H groups in total. The van der Waals surface area contributed by atoms with Crippen LogP contribution in [0, 0.1) is 0 Å². The van der Waals surface area contributed by atoms with Gasteiger partial charge in [0.25, 0.3) is 0 Å². The van der Waals surface area contributed by atoms with Crippen molar-refractivity contribution in [3.05, 3.63) is 59.5 Å². The maximum Gasteiger partial charge on any atom is 0.243 e. The molecule has 0 fully saturated rings. The van der Waals surface area contributed by atoms with Crippen molar-refractivity contribution in [2.45, 2.75) is 18.7 Å². The number of anilines is 1. The van der Waals surface area contributed by atoms with Crippen LogP contribution in [-0.4, -0.2) is 44.1 Å². The number of methoxy groups -OCH3 is 1. The van der Waals surface area contributed by atoms with E-state index in [0.29, 0.717) is 23.9 Å². The number of benzene rings is 2. The van der Waals surface area contributed by atoms with Crippen molar-refractivity contribution in [3.63, 3.8) is 0 Å². The Hall–Kier alpha value is -2.75. The Kier molecular flexibility index (Phi) is 7.20. The number of nitrogens with zero attached hydrogens (tertiary/aromatic N) is 3. The minimum absolute atomic E-state index is 0.264. The molecule has 0 saturated carbocycles. The first-order valence-corrected chi connectivity index (χ1v) is 11.8. The number of hydrazone groups is 1.